The van der Waals surface area contributed by atoms with Gasteiger partial charge in [-0.25, -0.2) is 8.42 Å². The van der Waals surface area contributed by atoms with Crippen LogP contribution in [0.4, 0.5) is 11.4 Å². The molecule has 6 heteroatoms. The van der Waals surface area contributed by atoms with Gasteiger partial charge in [-0.3, -0.25) is 9.62 Å². The molecule has 2 aliphatic rings. The molecular weight excluding hydrogens is 274 g/mol. The molecule has 20 heavy (non-hydrogen) atoms. The molecule has 3 rings (SSSR count). The van der Waals surface area contributed by atoms with Crippen LogP contribution in [0.5, 0.6) is 0 Å². The summed E-state index contributed by atoms with van der Waals surface area (Å²) in [6.45, 7) is 2.20. The first-order valence-electron chi connectivity index (χ1n) is 7.09. The van der Waals surface area contributed by atoms with Crippen LogP contribution in [-0.4, -0.2) is 44.7 Å². The summed E-state index contributed by atoms with van der Waals surface area (Å²) in [7, 11) is -3.25. The lowest BCUT2D eigenvalue weighted by atomic mass is 10.2. The van der Waals surface area contributed by atoms with E-state index in [4.69, 9.17) is 0 Å². The number of rotatable bonds is 5. The third kappa shape index (κ3) is 3.43. The number of sulfonamides is 1. The van der Waals surface area contributed by atoms with Gasteiger partial charge in [-0.1, -0.05) is 12.1 Å². The van der Waals surface area contributed by atoms with E-state index in [9.17, 15) is 8.42 Å². The van der Waals surface area contributed by atoms with Crippen molar-refractivity contribution >= 4 is 21.4 Å². The maximum Gasteiger partial charge on any atom is 0.229 e. The first-order chi connectivity index (χ1) is 9.51. The number of benzene rings is 1. The molecule has 2 N–H and O–H groups in total. The number of likely N-dealkylation sites (tertiary alicyclic amines) is 1. The van der Waals surface area contributed by atoms with Gasteiger partial charge in [0.05, 0.1) is 17.6 Å². The lowest BCUT2D eigenvalue weighted by Gasteiger charge is -2.19. The van der Waals surface area contributed by atoms with Crippen LogP contribution in [0, 0.1) is 0 Å². The number of nitrogens with one attached hydrogen (secondary N) is 2. The first-order valence-corrected chi connectivity index (χ1v) is 8.98. The Hall–Kier alpha value is -1.27. The molecule has 1 saturated carbocycles. The summed E-state index contributed by atoms with van der Waals surface area (Å²) < 4.78 is 25.4. The van der Waals surface area contributed by atoms with Gasteiger partial charge in [-0.05, 0) is 31.4 Å². The highest BCUT2D eigenvalue weighted by Gasteiger charge is 2.34. The first kappa shape index (κ1) is 13.7. The zero-order valence-electron chi connectivity index (χ0n) is 11.7. The fourth-order valence-electron chi connectivity index (χ4n) is 2.79. The minimum Gasteiger partial charge on any atom is -0.379 e. The average molecular weight is 295 g/mol. The van der Waals surface area contributed by atoms with Crippen molar-refractivity contribution in [2.75, 3.05) is 29.4 Å². The van der Waals surface area contributed by atoms with Crippen LogP contribution < -0.4 is 10.0 Å². The highest BCUT2D eigenvalue weighted by molar-refractivity contribution is 7.92. The smallest absolute Gasteiger partial charge is 0.229 e. The van der Waals surface area contributed by atoms with Gasteiger partial charge in [0.15, 0.2) is 0 Å². The molecule has 1 aromatic rings. The molecule has 1 aliphatic carbocycles. The van der Waals surface area contributed by atoms with E-state index in [1.165, 1.54) is 19.1 Å². The van der Waals surface area contributed by atoms with E-state index < -0.39 is 10.0 Å². The van der Waals surface area contributed by atoms with Gasteiger partial charge in [0, 0.05) is 25.2 Å². The van der Waals surface area contributed by atoms with E-state index in [1.54, 1.807) is 6.07 Å². The minimum atomic E-state index is -3.25. The fourth-order valence-corrected chi connectivity index (χ4v) is 3.37. The molecule has 1 aromatic carbocycles. The normalized spacial score (nSPS) is 23.8. The quantitative estimate of drug-likeness (QED) is 0.868. The Kier molecular flexibility index (Phi) is 3.60. The van der Waals surface area contributed by atoms with Gasteiger partial charge in [0.2, 0.25) is 10.0 Å². The molecular formula is C14H21N3O2S. The molecule has 0 radical (unpaired) electrons. The molecule has 1 unspecified atom stereocenters. The second-order valence-corrected chi connectivity index (χ2v) is 7.52. The predicted octanol–water partition coefficient (Wildman–Crippen LogP) is 1.71. The monoisotopic (exact) mass is 295 g/mol. The number of nitrogens with zero attached hydrogens (tertiary/aromatic N) is 1. The molecule has 110 valence electrons. The third-order valence-electron chi connectivity index (χ3n) is 3.86. The molecule has 0 aromatic heterocycles. The van der Waals surface area contributed by atoms with Gasteiger partial charge in [-0.2, -0.15) is 0 Å². The zero-order chi connectivity index (χ0) is 14.2. The molecule has 1 aliphatic heterocycles. The van der Waals surface area contributed by atoms with Crippen molar-refractivity contribution in [3.05, 3.63) is 24.3 Å². The van der Waals surface area contributed by atoms with Crippen LogP contribution in [0.15, 0.2) is 24.3 Å². The number of hydrogen-bond acceptors (Lipinski definition) is 4. The summed E-state index contributed by atoms with van der Waals surface area (Å²) >= 11 is 0. The summed E-state index contributed by atoms with van der Waals surface area (Å²) in [5.74, 6) is 0. The van der Waals surface area contributed by atoms with E-state index in [1.807, 2.05) is 18.2 Å². The Morgan fingerprint density at radius 3 is 2.50 bits per heavy atom. The van der Waals surface area contributed by atoms with Crippen molar-refractivity contribution in [1.29, 1.82) is 0 Å². The number of para-hydroxylation sites is 2. The van der Waals surface area contributed by atoms with Gasteiger partial charge < -0.3 is 5.32 Å². The van der Waals surface area contributed by atoms with Crippen LogP contribution in [0.25, 0.3) is 0 Å². The highest BCUT2D eigenvalue weighted by atomic mass is 32.2. The molecule has 1 heterocycles. The van der Waals surface area contributed by atoms with Gasteiger partial charge >= 0.3 is 0 Å². The SMILES string of the molecule is CS(=O)(=O)Nc1ccccc1NC1CCN(C2CC2)C1. The summed E-state index contributed by atoms with van der Waals surface area (Å²) in [6.07, 6.45) is 4.95. The summed E-state index contributed by atoms with van der Waals surface area (Å²) in [6, 6.07) is 8.67. The van der Waals surface area contributed by atoms with Crippen molar-refractivity contribution in [1.82, 2.24) is 4.90 Å². The molecule has 0 bridgehead atoms. The van der Waals surface area contributed by atoms with E-state index in [0.29, 0.717) is 11.7 Å². The fraction of sp³-hybridized carbons (Fsp3) is 0.571. The molecule has 1 saturated heterocycles. The lowest BCUT2D eigenvalue weighted by molar-refractivity contribution is 0.326. The van der Waals surface area contributed by atoms with Crippen LogP contribution in [0.3, 0.4) is 0 Å². The van der Waals surface area contributed by atoms with Crippen molar-refractivity contribution in [2.24, 2.45) is 0 Å². The Labute approximate surface area is 120 Å². The molecule has 1 atom stereocenters. The van der Waals surface area contributed by atoms with Crippen molar-refractivity contribution in [3.63, 3.8) is 0 Å². The molecule has 2 fully saturated rings. The van der Waals surface area contributed by atoms with Gasteiger partial charge in [0.25, 0.3) is 0 Å². The Morgan fingerprint density at radius 2 is 1.85 bits per heavy atom. The minimum absolute atomic E-state index is 0.401. The van der Waals surface area contributed by atoms with Crippen LogP contribution >= 0.6 is 0 Å². The van der Waals surface area contributed by atoms with Crippen molar-refractivity contribution in [2.45, 2.75) is 31.3 Å². The van der Waals surface area contributed by atoms with Crippen LogP contribution in [0.1, 0.15) is 19.3 Å². The largest absolute Gasteiger partial charge is 0.379 e. The Bertz CT molecular complexity index is 584. The van der Waals surface area contributed by atoms with E-state index in [2.05, 4.69) is 14.9 Å². The predicted molar refractivity (Wildman–Crippen MR) is 81.5 cm³/mol. The second kappa shape index (κ2) is 5.26. The molecule has 5 nitrogen and oxygen atoms in total. The number of anilines is 2. The zero-order valence-corrected chi connectivity index (χ0v) is 12.5. The standard InChI is InChI=1S/C14H21N3O2S/c1-20(18,19)16-14-5-3-2-4-13(14)15-11-8-9-17(10-11)12-6-7-12/h2-5,11-12,15-16H,6-10H2,1H3. The molecule has 0 spiro atoms. The third-order valence-corrected chi connectivity index (χ3v) is 4.46. The van der Waals surface area contributed by atoms with E-state index in [-0.39, 0.29) is 0 Å². The van der Waals surface area contributed by atoms with Crippen molar-refractivity contribution in [3.8, 4) is 0 Å². The van der Waals surface area contributed by atoms with Gasteiger partial charge in [-0.15, -0.1) is 0 Å². The highest BCUT2D eigenvalue weighted by Crippen LogP contribution is 2.31. The van der Waals surface area contributed by atoms with Gasteiger partial charge in [0.1, 0.15) is 0 Å². The average Bonchev–Trinajstić information content (AvgIpc) is 3.11. The van der Waals surface area contributed by atoms with E-state index in [0.717, 1.165) is 31.2 Å². The lowest BCUT2D eigenvalue weighted by Crippen LogP contribution is -2.28. The topological polar surface area (TPSA) is 61.4 Å². The van der Waals surface area contributed by atoms with E-state index >= 15 is 0 Å². The van der Waals surface area contributed by atoms with Crippen LogP contribution in [0.2, 0.25) is 0 Å². The Balaban J connectivity index is 1.68. The maximum absolute atomic E-state index is 11.4. The molecule has 0 amide bonds. The maximum atomic E-state index is 11.4. The Morgan fingerprint density at radius 1 is 1.15 bits per heavy atom. The van der Waals surface area contributed by atoms with Crippen molar-refractivity contribution < 1.29 is 8.42 Å². The summed E-state index contributed by atoms with van der Waals surface area (Å²) in [4.78, 5) is 2.53. The second-order valence-electron chi connectivity index (χ2n) is 5.78. The van der Waals surface area contributed by atoms with Crippen LogP contribution in [-0.2, 0) is 10.0 Å². The summed E-state index contributed by atoms with van der Waals surface area (Å²) in [5.41, 5.74) is 1.49. The number of hydrogen-bond donors (Lipinski definition) is 2. The summed E-state index contributed by atoms with van der Waals surface area (Å²) in [5, 5.41) is 3.48.